The third kappa shape index (κ3) is 4.97. The Morgan fingerprint density at radius 3 is 2.46 bits per heavy atom. The number of carbonyl (C=O) groups is 1. The number of sulfonamides is 1. The monoisotopic (exact) mass is 387 g/mol. The first-order chi connectivity index (χ1) is 12.4. The van der Waals surface area contributed by atoms with Crippen molar-refractivity contribution in [1.29, 1.82) is 0 Å². The number of likely N-dealkylation sites (tertiary alicyclic amines) is 1. The fourth-order valence-corrected chi connectivity index (χ4v) is 5.70. The van der Waals surface area contributed by atoms with Crippen LogP contribution >= 0.6 is 0 Å². The largest absolute Gasteiger partial charge is 0.381 e. The minimum Gasteiger partial charge on any atom is -0.381 e. The Bertz CT molecular complexity index is 583. The number of rotatable bonds is 6. The summed E-state index contributed by atoms with van der Waals surface area (Å²) in [4.78, 5) is 15.2. The first-order valence-electron chi connectivity index (χ1n) is 9.94. The fraction of sp³-hybridized carbons (Fsp3) is 0.944. The minimum atomic E-state index is -3.33. The normalized spacial score (nSPS) is 28.1. The molecule has 8 heteroatoms. The summed E-state index contributed by atoms with van der Waals surface area (Å²) in [5.41, 5.74) is 0.0414. The molecule has 0 spiro atoms. The Hall–Kier alpha value is -0.700. The topological polar surface area (TPSA) is 79.0 Å². The minimum absolute atomic E-state index is 0.0414. The maximum Gasteiger partial charge on any atom is 0.238 e. The molecule has 0 aliphatic carbocycles. The third-order valence-electron chi connectivity index (χ3n) is 6.13. The van der Waals surface area contributed by atoms with Crippen LogP contribution in [0.1, 0.15) is 44.9 Å². The summed E-state index contributed by atoms with van der Waals surface area (Å²) < 4.78 is 30.7. The highest BCUT2D eigenvalue weighted by Crippen LogP contribution is 2.32. The molecule has 3 fully saturated rings. The van der Waals surface area contributed by atoms with E-state index in [9.17, 15) is 13.2 Å². The summed E-state index contributed by atoms with van der Waals surface area (Å²) in [5, 5.41) is 3.10. The van der Waals surface area contributed by atoms with Gasteiger partial charge in [-0.25, -0.2) is 8.42 Å². The highest BCUT2D eigenvalue weighted by molar-refractivity contribution is 7.88. The quantitative estimate of drug-likeness (QED) is 0.730. The number of hydrogen-bond acceptors (Lipinski definition) is 5. The predicted octanol–water partition coefficient (Wildman–Crippen LogP) is 0.809. The van der Waals surface area contributed by atoms with Gasteiger partial charge in [0, 0.05) is 38.3 Å². The van der Waals surface area contributed by atoms with Crippen molar-refractivity contribution in [1.82, 2.24) is 14.5 Å². The van der Waals surface area contributed by atoms with Crippen LogP contribution in [0, 0.1) is 5.41 Å². The molecule has 3 heterocycles. The number of piperidine rings is 1. The van der Waals surface area contributed by atoms with Gasteiger partial charge in [0.2, 0.25) is 15.9 Å². The van der Waals surface area contributed by atoms with E-state index in [0.29, 0.717) is 19.5 Å². The van der Waals surface area contributed by atoms with Crippen LogP contribution in [-0.4, -0.2) is 81.8 Å². The molecule has 26 heavy (non-hydrogen) atoms. The van der Waals surface area contributed by atoms with Crippen LogP contribution in [-0.2, 0) is 19.6 Å². The number of hydrogen-bond donors (Lipinski definition) is 1. The lowest BCUT2D eigenvalue weighted by Gasteiger charge is -2.42. The van der Waals surface area contributed by atoms with Crippen LogP contribution in [0.5, 0.6) is 0 Å². The lowest BCUT2D eigenvalue weighted by atomic mass is 9.79. The van der Waals surface area contributed by atoms with Gasteiger partial charge in [-0.2, -0.15) is 4.31 Å². The van der Waals surface area contributed by atoms with Crippen molar-refractivity contribution in [3.05, 3.63) is 0 Å². The summed E-state index contributed by atoms with van der Waals surface area (Å²) in [6.45, 7) is 5.81. The van der Waals surface area contributed by atoms with Crippen LogP contribution in [0.15, 0.2) is 0 Å². The lowest BCUT2D eigenvalue weighted by Crippen LogP contribution is -2.52. The van der Waals surface area contributed by atoms with E-state index in [0.717, 1.165) is 52.1 Å². The summed E-state index contributed by atoms with van der Waals surface area (Å²) in [5.74, 6) is -0.141. The Kier molecular flexibility index (Phi) is 6.59. The van der Waals surface area contributed by atoms with Gasteiger partial charge < -0.3 is 15.0 Å². The summed E-state index contributed by atoms with van der Waals surface area (Å²) in [6.07, 6.45) is 8.27. The smallest absolute Gasteiger partial charge is 0.238 e. The van der Waals surface area contributed by atoms with Gasteiger partial charge >= 0.3 is 0 Å². The molecule has 3 saturated heterocycles. The molecule has 1 N–H and O–H groups in total. The van der Waals surface area contributed by atoms with Crippen molar-refractivity contribution in [2.45, 2.75) is 51.0 Å². The van der Waals surface area contributed by atoms with Crippen LogP contribution in [0.4, 0.5) is 0 Å². The number of ether oxygens (including phenoxy) is 1. The second-order valence-electron chi connectivity index (χ2n) is 8.20. The summed E-state index contributed by atoms with van der Waals surface area (Å²) >= 11 is 0. The highest BCUT2D eigenvalue weighted by atomic mass is 32.2. The van der Waals surface area contributed by atoms with Gasteiger partial charge in [0.15, 0.2) is 0 Å². The molecule has 1 unspecified atom stereocenters. The standard InChI is InChI=1S/C18H33N3O4S/c1-26(23,24)21-11-5-6-16(21)17(22)19-14-18(7-12-25-13-8-18)15-20-9-3-2-4-10-20/h16H,2-15H2,1H3,(H,19,22). The zero-order valence-electron chi connectivity index (χ0n) is 15.9. The molecular weight excluding hydrogens is 354 g/mol. The molecule has 0 bridgehead atoms. The van der Waals surface area contributed by atoms with E-state index in [1.54, 1.807) is 0 Å². The predicted molar refractivity (Wildman–Crippen MR) is 100 cm³/mol. The molecule has 3 rings (SSSR count). The SMILES string of the molecule is CS(=O)(=O)N1CCCC1C(=O)NCC1(CN2CCCCC2)CCOCC1. The molecule has 0 aromatic carbocycles. The van der Waals surface area contributed by atoms with Crippen molar-refractivity contribution < 1.29 is 17.9 Å². The lowest BCUT2D eigenvalue weighted by molar-refractivity contribution is -0.125. The molecule has 0 aromatic rings. The van der Waals surface area contributed by atoms with E-state index >= 15 is 0 Å². The second kappa shape index (κ2) is 8.54. The average Bonchev–Trinajstić information content (AvgIpc) is 3.12. The van der Waals surface area contributed by atoms with Crippen molar-refractivity contribution in [2.24, 2.45) is 5.41 Å². The van der Waals surface area contributed by atoms with E-state index in [4.69, 9.17) is 4.74 Å². The van der Waals surface area contributed by atoms with Crippen LogP contribution in [0.2, 0.25) is 0 Å². The Balaban J connectivity index is 1.61. The van der Waals surface area contributed by atoms with Crippen LogP contribution < -0.4 is 5.32 Å². The van der Waals surface area contributed by atoms with Gasteiger partial charge in [-0.05, 0) is 51.6 Å². The molecular formula is C18H33N3O4S. The second-order valence-corrected chi connectivity index (χ2v) is 10.1. The van der Waals surface area contributed by atoms with E-state index in [2.05, 4.69) is 10.2 Å². The van der Waals surface area contributed by atoms with Gasteiger partial charge in [-0.1, -0.05) is 6.42 Å². The van der Waals surface area contributed by atoms with Crippen molar-refractivity contribution in [2.75, 3.05) is 52.2 Å². The van der Waals surface area contributed by atoms with Crippen molar-refractivity contribution >= 4 is 15.9 Å². The van der Waals surface area contributed by atoms with E-state index < -0.39 is 16.1 Å². The summed E-state index contributed by atoms with van der Waals surface area (Å²) in [7, 11) is -3.33. The number of nitrogens with zero attached hydrogens (tertiary/aromatic N) is 2. The maximum atomic E-state index is 12.7. The molecule has 1 atom stereocenters. The van der Waals surface area contributed by atoms with E-state index in [-0.39, 0.29) is 11.3 Å². The van der Waals surface area contributed by atoms with Crippen molar-refractivity contribution in [3.8, 4) is 0 Å². The first kappa shape index (κ1) is 20.0. The van der Waals surface area contributed by atoms with Gasteiger partial charge in [-0.3, -0.25) is 4.79 Å². The molecule has 3 aliphatic rings. The van der Waals surface area contributed by atoms with Gasteiger partial charge in [0.1, 0.15) is 6.04 Å². The number of amides is 1. The molecule has 0 radical (unpaired) electrons. The first-order valence-corrected chi connectivity index (χ1v) is 11.8. The van der Waals surface area contributed by atoms with Gasteiger partial charge in [-0.15, -0.1) is 0 Å². The number of carbonyl (C=O) groups excluding carboxylic acids is 1. The highest BCUT2D eigenvalue weighted by Gasteiger charge is 2.39. The Labute approximate surface area is 157 Å². The third-order valence-corrected chi connectivity index (χ3v) is 7.42. The van der Waals surface area contributed by atoms with E-state index in [1.165, 1.54) is 29.8 Å². The Morgan fingerprint density at radius 2 is 1.81 bits per heavy atom. The van der Waals surface area contributed by atoms with Gasteiger partial charge in [0.25, 0.3) is 0 Å². The summed E-state index contributed by atoms with van der Waals surface area (Å²) in [6, 6.07) is -0.545. The molecule has 150 valence electrons. The average molecular weight is 388 g/mol. The zero-order chi connectivity index (χ0) is 18.6. The fourth-order valence-electron chi connectivity index (χ4n) is 4.58. The number of nitrogens with one attached hydrogen (secondary N) is 1. The van der Waals surface area contributed by atoms with Crippen LogP contribution in [0.3, 0.4) is 0 Å². The van der Waals surface area contributed by atoms with Gasteiger partial charge in [0.05, 0.1) is 6.26 Å². The van der Waals surface area contributed by atoms with Crippen LogP contribution in [0.25, 0.3) is 0 Å². The molecule has 1 amide bonds. The molecule has 0 saturated carbocycles. The molecule has 7 nitrogen and oxygen atoms in total. The maximum absolute atomic E-state index is 12.7. The zero-order valence-corrected chi connectivity index (χ0v) is 16.7. The molecule has 0 aromatic heterocycles. The van der Waals surface area contributed by atoms with Crippen molar-refractivity contribution in [3.63, 3.8) is 0 Å². The molecule has 3 aliphatic heterocycles. The Morgan fingerprint density at radius 1 is 1.12 bits per heavy atom. The van der Waals surface area contributed by atoms with E-state index in [1.807, 2.05) is 0 Å².